The van der Waals surface area contributed by atoms with Crippen molar-refractivity contribution in [2.75, 3.05) is 13.1 Å². The lowest BCUT2D eigenvalue weighted by Gasteiger charge is -2.38. The van der Waals surface area contributed by atoms with Crippen LogP contribution in [0.1, 0.15) is 39.4 Å². The molecule has 1 heterocycles. The molecule has 1 aliphatic heterocycles. The molecule has 2 aromatic rings. The van der Waals surface area contributed by atoms with E-state index in [-0.39, 0.29) is 35.6 Å². The van der Waals surface area contributed by atoms with Gasteiger partial charge in [-0.1, -0.05) is 29.3 Å². The van der Waals surface area contributed by atoms with E-state index in [4.69, 9.17) is 23.2 Å². The molecule has 2 amide bonds. The summed E-state index contributed by atoms with van der Waals surface area (Å²) in [5.74, 6) is -1.84. The van der Waals surface area contributed by atoms with Gasteiger partial charge >= 0.3 is 18.4 Å². The molecule has 0 saturated carbocycles. The van der Waals surface area contributed by atoms with Crippen molar-refractivity contribution in [1.29, 1.82) is 0 Å². The van der Waals surface area contributed by atoms with Crippen LogP contribution >= 0.6 is 23.2 Å². The van der Waals surface area contributed by atoms with Gasteiger partial charge in [0.1, 0.15) is 0 Å². The van der Waals surface area contributed by atoms with Crippen molar-refractivity contribution in [2.45, 2.75) is 30.7 Å². The second kappa shape index (κ2) is 9.53. The minimum atomic E-state index is -5.11. The van der Waals surface area contributed by atoms with Gasteiger partial charge in [0.15, 0.2) is 0 Å². The Labute approximate surface area is 199 Å². The van der Waals surface area contributed by atoms with Crippen LogP contribution in [0.3, 0.4) is 0 Å². The fourth-order valence-electron chi connectivity index (χ4n) is 3.72. The number of piperidine rings is 1. The maximum Gasteiger partial charge on any atom is 0.416 e. The maximum atomic E-state index is 13.1. The van der Waals surface area contributed by atoms with Gasteiger partial charge in [-0.2, -0.15) is 26.3 Å². The molecule has 184 valence electrons. The largest absolute Gasteiger partial charge is 0.465 e. The molecular weight excluding hydrogens is 513 g/mol. The van der Waals surface area contributed by atoms with E-state index in [1.165, 1.54) is 12.1 Å². The summed E-state index contributed by atoms with van der Waals surface area (Å²) < 4.78 is 78.9. The number of amides is 2. The topological polar surface area (TPSA) is 69.6 Å². The number of alkyl halides is 6. The lowest BCUT2D eigenvalue weighted by molar-refractivity contribution is -0.143. The third kappa shape index (κ3) is 5.87. The molecule has 1 saturated heterocycles. The molecule has 34 heavy (non-hydrogen) atoms. The first-order valence-corrected chi connectivity index (χ1v) is 10.5. The zero-order valence-electron chi connectivity index (χ0n) is 17.0. The van der Waals surface area contributed by atoms with Crippen LogP contribution < -0.4 is 5.32 Å². The van der Waals surface area contributed by atoms with Gasteiger partial charge in [-0.15, -0.1) is 0 Å². The van der Waals surface area contributed by atoms with Gasteiger partial charge in [0.25, 0.3) is 5.91 Å². The fourth-order valence-corrected chi connectivity index (χ4v) is 4.02. The average molecular weight is 529 g/mol. The van der Waals surface area contributed by atoms with E-state index in [0.29, 0.717) is 17.7 Å². The van der Waals surface area contributed by atoms with E-state index in [1.54, 1.807) is 6.07 Å². The van der Waals surface area contributed by atoms with E-state index in [1.807, 2.05) is 0 Å². The Kier molecular flexibility index (Phi) is 7.28. The molecule has 0 bridgehead atoms. The highest BCUT2D eigenvalue weighted by atomic mass is 35.5. The summed E-state index contributed by atoms with van der Waals surface area (Å²) in [6.45, 7) is -0.0941. The summed E-state index contributed by atoms with van der Waals surface area (Å²) in [6, 6.07) is 4.28. The van der Waals surface area contributed by atoms with Crippen LogP contribution in [0.15, 0.2) is 36.4 Å². The zero-order chi connectivity index (χ0) is 25.4. The highest BCUT2D eigenvalue weighted by molar-refractivity contribution is 6.42. The molecule has 2 N–H and O–H groups in total. The molecule has 0 aliphatic carbocycles. The SMILES string of the molecule is O=C(NC1CCN(C(=O)O)CC1c1ccc(Cl)c(Cl)c1)c1cc(C(F)(F)F)cc(C(F)(F)F)c1. The summed E-state index contributed by atoms with van der Waals surface area (Å²) >= 11 is 12.0. The zero-order valence-corrected chi connectivity index (χ0v) is 18.5. The molecule has 2 aromatic carbocycles. The molecule has 13 heteroatoms. The molecular formula is C21H16Cl2F6N2O3. The number of carboxylic acid groups (broad SMARTS) is 1. The van der Waals surface area contributed by atoms with Gasteiger partial charge in [0.05, 0.1) is 21.2 Å². The summed E-state index contributed by atoms with van der Waals surface area (Å²) in [7, 11) is 0. The number of carbonyl (C=O) groups excluding carboxylic acids is 1. The third-order valence-electron chi connectivity index (χ3n) is 5.42. The van der Waals surface area contributed by atoms with Crippen LogP contribution in [0.25, 0.3) is 0 Å². The molecule has 0 spiro atoms. The van der Waals surface area contributed by atoms with Crippen LogP contribution in [0, 0.1) is 0 Å². The Bertz CT molecular complexity index is 1070. The van der Waals surface area contributed by atoms with E-state index >= 15 is 0 Å². The molecule has 2 atom stereocenters. The molecule has 5 nitrogen and oxygen atoms in total. The maximum absolute atomic E-state index is 13.1. The number of halogens is 8. The minimum Gasteiger partial charge on any atom is -0.465 e. The molecule has 0 radical (unpaired) electrons. The number of hydrogen-bond donors (Lipinski definition) is 2. The van der Waals surface area contributed by atoms with Gasteiger partial charge in [-0.05, 0) is 42.3 Å². The lowest BCUT2D eigenvalue weighted by Crippen LogP contribution is -2.51. The van der Waals surface area contributed by atoms with E-state index in [2.05, 4.69) is 5.32 Å². The van der Waals surface area contributed by atoms with E-state index in [0.717, 1.165) is 4.90 Å². The number of hydrogen-bond acceptors (Lipinski definition) is 2. The molecule has 1 aliphatic rings. The Morgan fingerprint density at radius 3 is 2.03 bits per heavy atom. The number of nitrogens with zero attached hydrogens (tertiary/aromatic N) is 1. The summed E-state index contributed by atoms with van der Waals surface area (Å²) in [6.07, 6.45) is -11.4. The number of nitrogens with one attached hydrogen (secondary N) is 1. The smallest absolute Gasteiger partial charge is 0.416 e. The second-order valence-electron chi connectivity index (χ2n) is 7.67. The summed E-state index contributed by atoms with van der Waals surface area (Å²) in [5, 5.41) is 12.2. The Hall–Kier alpha value is -2.66. The van der Waals surface area contributed by atoms with Crippen molar-refractivity contribution < 1.29 is 41.0 Å². The standard InChI is InChI=1S/C21H16Cl2F6N2O3/c22-15-2-1-10(7-16(15)23)14-9-31(19(33)34)4-3-17(14)30-18(32)11-5-12(20(24,25)26)8-13(6-11)21(27,28)29/h1-2,5-8,14,17H,3-4,9H2,(H,30,32)(H,33,34). The van der Waals surface area contributed by atoms with Crippen molar-refractivity contribution >= 4 is 35.2 Å². The molecule has 3 rings (SSSR count). The normalized spacial score (nSPS) is 19.1. The van der Waals surface area contributed by atoms with Crippen LogP contribution in [0.2, 0.25) is 10.0 Å². The first-order chi connectivity index (χ1) is 15.7. The van der Waals surface area contributed by atoms with Crippen molar-refractivity contribution in [3.8, 4) is 0 Å². The van der Waals surface area contributed by atoms with Crippen LogP contribution in [-0.2, 0) is 12.4 Å². The van der Waals surface area contributed by atoms with Gasteiger partial charge in [-0.25, -0.2) is 4.79 Å². The average Bonchev–Trinajstić information content (AvgIpc) is 2.74. The Morgan fingerprint density at radius 2 is 1.53 bits per heavy atom. The number of rotatable bonds is 3. The summed E-state index contributed by atoms with van der Waals surface area (Å²) in [5.41, 5.74) is -3.57. The Morgan fingerprint density at radius 1 is 0.941 bits per heavy atom. The van der Waals surface area contributed by atoms with Crippen LogP contribution in [0.4, 0.5) is 31.1 Å². The van der Waals surface area contributed by atoms with E-state index < -0.39 is 53.0 Å². The number of carbonyl (C=O) groups is 2. The quantitative estimate of drug-likeness (QED) is 0.459. The monoisotopic (exact) mass is 528 g/mol. The van der Waals surface area contributed by atoms with E-state index in [9.17, 15) is 41.0 Å². The van der Waals surface area contributed by atoms with Crippen molar-refractivity contribution in [3.63, 3.8) is 0 Å². The first kappa shape index (κ1) is 26.0. The van der Waals surface area contributed by atoms with Gasteiger partial charge in [0.2, 0.25) is 0 Å². The van der Waals surface area contributed by atoms with Gasteiger partial charge in [0, 0.05) is 30.6 Å². The predicted molar refractivity (Wildman–Crippen MR) is 111 cm³/mol. The van der Waals surface area contributed by atoms with Crippen LogP contribution in [0.5, 0.6) is 0 Å². The molecule has 0 aromatic heterocycles. The molecule has 1 fully saturated rings. The van der Waals surface area contributed by atoms with Crippen molar-refractivity contribution in [1.82, 2.24) is 10.2 Å². The van der Waals surface area contributed by atoms with Crippen LogP contribution in [-0.4, -0.2) is 41.1 Å². The lowest BCUT2D eigenvalue weighted by atomic mass is 9.85. The Balaban J connectivity index is 1.95. The highest BCUT2D eigenvalue weighted by Gasteiger charge is 2.38. The third-order valence-corrected chi connectivity index (χ3v) is 6.16. The number of likely N-dealkylation sites (tertiary alicyclic amines) is 1. The number of benzene rings is 2. The molecule has 2 unspecified atom stereocenters. The van der Waals surface area contributed by atoms with Crippen molar-refractivity contribution in [3.05, 3.63) is 68.7 Å². The minimum absolute atomic E-state index is 0.00546. The van der Waals surface area contributed by atoms with Gasteiger partial charge < -0.3 is 15.3 Å². The van der Waals surface area contributed by atoms with Gasteiger partial charge in [-0.3, -0.25) is 4.79 Å². The predicted octanol–water partition coefficient (Wildman–Crippen LogP) is 6.30. The van der Waals surface area contributed by atoms with Crippen molar-refractivity contribution in [2.24, 2.45) is 0 Å². The fraction of sp³-hybridized carbons (Fsp3) is 0.333. The highest BCUT2D eigenvalue weighted by Crippen LogP contribution is 2.37. The summed E-state index contributed by atoms with van der Waals surface area (Å²) in [4.78, 5) is 25.3. The second-order valence-corrected chi connectivity index (χ2v) is 8.49. The first-order valence-electron chi connectivity index (χ1n) is 9.70.